The van der Waals surface area contributed by atoms with Crippen molar-refractivity contribution < 1.29 is 19.5 Å². The van der Waals surface area contributed by atoms with Crippen LogP contribution in [0.4, 0.5) is 5.69 Å². The van der Waals surface area contributed by atoms with E-state index in [0.717, 1.165) is 5.56 Å². The molecule has 1 fully saturated rings. The number of amides is 2. The number of hydrogen-bond donors (Lipinski definition) is 2. The van der Waals surface area contributed by atoms with Gasteiger partial charge in [-0.25, -0.2) is 0 Å². The Hall–Kier alpha value is -3.15. The molecule has 0 aliphatic carbocycles. The normalized spacial score (nSPS) is 17.0. The number of aliphatic carboxylic acids is 1. The Morgan fingerprint density at radius 2 is 1.72 bits per heavy atom. The Bertz CT molecular complexity index is 787. The van der Waals surface area contributed by atoms with Crippen LogP contribution in [0.2, 0.25) is 0 Å². The quantitative estimate of drug-likeness (QED) is 0.787. The lowest BCUT2D eigenvalue weighted by molar-refractivity contribution is -0.139. The van der Waals surface area contributed by atoms with Crippen molar-refractivity contribution in [3.05, 3.63) is 65.7 Å². The summed E-state index contributed by atoms with van der Waals surface area (Å²) in [6.07, 6.45) is 0.0640. The molecular weight excluding hydrogens is 320 g/mol. The predicted molar refractivity (Wildman–Crippen MR) is 91.8 cm³/mol. The molecule has 1 heterocycles. The molecule has 0 unspecified atom stereocenters. The van der Waals surface area contributed by atoms with Crippen LogP contribution in [0.15, 0.2) is 54.6 Å². The first-order chi connectivity index (χ1) is 12.0. The summed E-state index contributed by atoms with van der Waals surface area (Å²) in [6, 6.07) is 15.6. The Labute approximate surface area is 145 Å². The maximum atomic E-state index is 12.5. The first-order valence-corrected chi connectivity index (χ1v) is 7.98. The molecule has 0 spiro atoms. The van der Waals surface area contributed by atoms with Gasteiger partial charge in [0.1, 0.15) is 6.04 Å². The molecule has 2 aromatic rings. The van der Waals surface area contributed by atoms with Gasteiger partial charge in [-0.2, -0.15) is 0 Å². The number of benzene rings is 2. The number of nitrogens with one attached hydrogen (secondary N) is 1. The number of imide groups is 1. The fourth-order valence-electron chi connectivity index (χ4n) is 2.82. The van der Waals surface area contributed by atoms with E-state index in [-0.39, 0.29) is 31.2 Å². The summed E-state index contributed by atoms with van der Waals surface area (Å²) < 4.78 is 0. The molecule has 0 saturated carbocycles. The number of carbonyl (C=O) groups excluding carboxylic acids is 2. The maximum absolute atomic E-state index is 12.5. The van der Waals surface area contributed by atoms with E-state index in [4.69, 9.17) is 5.11 Å². The molecular formula is C19H18N2O4. The molecule has 2 aromatic carbocycles. The smallest absolute Gasteiger partial charge is 0.307 e. The Balaban J connectivity index is 1.65. The van der Waals surface area contributed by atoms with Crippen molar-refractivity contribution in [1.29, 1.82) is 0 Å². The van der Waals surface area contributed by atoms with Crippen LogP contribution >= 0.6 is 0 Å². The van der Waals surface area contributed by atoms with E-state index in [1.54, 1.807) is 24.3 Å². The van der Waals surface area contributed by atoms with Crippen LogP contribution in [0.25, 0.3) is 0 Å². The molecule has 1 aliphatic heterocycles. The summed E-state index contributed by atoms with van der Waals surface area (Å²) in [6.45, 7) is 0.272. The van der Waals surface area contributed by atoms with E-state index < -0.39 is 12.0 Å². The SMILES string of the molecule is O=C(O)Cc1ccc(N[C@H]2CC(=O)N(Cc3ccccc3)C2=O)cc1. The van der Waals surface area contributed by atoms with Crippen LogP contribution < -0.4 is 5.32 Å². The van der Waals surface area contributed by atoms with Gasteiger partial charge >= 0.3 is 5.97 Å². The van der Waals surface area contributed by atoms with E-state index in [1.807, 2.05) is 30.3 Å². The number of carbonyl (C=O) groups is 3. The third kappa shape index (κ3) is 4.03. The molecule has 1 atom stereocenters. The number of nitrogens with zero attached hydrogens (tertiary/aromatic N) is 1. The van der Waals surface area contributed by atoms with Crippen molar-refractivity contribution in [2.75, 3.05) is 5.32 Å². The van der Waals surface area contributed by atoms with Crippen molar-refractivity contribution in [1.82, 2.24) is 4.90 Å². The lowest BCUT2D eigenvalue weighted by Gasteiger charge is -2.16. The molecule has 1 saturated heterocycles. The van der Waals surface area contributed by atoms with Gasteiger partial charge in [0.05, 0.1) is 19.4 Å². The third-order valence-electron chi connectivity index (χ3n) is 4.08. The average molecular weight is 338 g/mol. The van der Waals surface area contributed by atoms with Gasteiger partial charge in [-0.05, 0) is 23.3 Å². The van der Waals surface area contributed by atoms with Crippen molar-refractivity contribution in [3.8, 4) is 0 Å². The standard InChI is InChI=1S/C19H18N2O4/c22-17-11-16(19(25)21(17)12-14-4-2-1-3-5-14)20-15-8-6-13(7-9-15)10-18(23)24/h1-9,16,20H,10-12H2,(H,23,24)/t16-/m0/s1. The minimum atomic E-state index is -0.895. The highest BCUT2D eigenvalue weighted by molar-refractivity contribution is 6.06. The molecule has 0 bridgehead atoms. The summed E-state index contributed by atoms with van der Waals surface area (Å²) in [7, 11) is 0. The van der Waals surface area contributed by atoms with E-state index in [0.29, 0.717) is 11.3 Å². The zero-order chi connectivity index (χ0) is 17.8. The maximum Gasteiger partial charge on any atom is 0.307 e. The molecule has 1 aliphatic rings. The van der Waals surface area contributed by atoms with Crippen LogP contribution in [-0.2, 0) is 27.3 Å². The van der Waals surface area contributed by atoms with Gasteiger partial charge in [-0.15, -0.1) is 0 Å². The highest BCUT2D eigenvalue weighted by atomic mass is 16.4. The van der Waals surface area contributed by atoms with Gasteiger partial charge in [0, 0.05) is 5.69 Å². The van der Waals surface area contributed by atoms with Crippen LogP contribution in [0.3, 0.4) is 0 Å². The monoisotopic (exact) mass is 338 g/mol. The first-order valence-electron chi connectivity index (χ1n) is 7.98. The molecule has 0 aromatic heterocycles. The summed E-state index contributed by atoms with van der Waals surface area (Å²) in [5, 5.41) is 11.8. The minimum absolute atomic E-state index is 0.0496. The van der Waals surface area contributed by atoms with Crippen molar-refractivity contribution in [2.45, 2.75) is 25.4 Å². The Kier molecular flexibility index (Phi) is 4.79. The molecule has 25 heavy (non-hydrogen) atoms. The number of anilines is 1. The van der Waals surface area contributed by atoms with Gasteiger partial charge in [-0.3, -0.25) is 19.3 Å². The highest BCUT2D eigenvalue weighted by Gasteiger charge is 2.38. The van der Waals surface area contributed by atoms with Gasteiger partial charge < -0.3 is 10.4 Å². The lowest BCUT2D eigenvalue weighted by atomic mass is 10.1. The topological polar surface area (TPSA) is 86.7 Å². The molecule has 0 radical (unpaired) electrons. The molecule has 128 valence electrons. The molecule has 2 N–H and O–H groups in total. The van der Waals surface area contributed by atoms with Crippen LogP contribution in [0.5, 0.6) is 0 Å². The second-order valence-electron chi connectivity index (χ2n) is 5.97. The van der Waals surface area contributed by atoms with Gasteiger partial charge in [-0.1, -0.05) is 42.5 Å². The van der Waals surface area contributed by atoms with E-state index in [2.05, 4.69) is 5.32 Å². The number of carboxylic acid groups (broad SMARTS) is 1. The molecule has 2 amide bonds. The highest BCUT2D eigenvalue weighted by Crippen LogP contribution is 2.21. The fourth-order valence-corrected chi connectivity index (χ4v) is 2.82. The Morgan fingerprint density at radius 3 is 2.36 bits per heavy atom. The second kappa shape index (κ2) is 7.17. The zero-order valence-corrected chi connectivity index (χ0v) is 13.5. The van der Waals surface area contributed by atoms with Crippen LogP contribution in [-0.4, -0.2) is 33.8 Å². The zero-order valence-electron chi connectivity index (χ0n) is 13.5. The number of carboxylic acids is 1. The molecule has 3 rings (SSSR count). The summed E-state index contributed by atoms with van der Waals surface area (Å²) in [4.78, 5) is 36.6. The lowest BCUT2D eigenvalue weighted by Crippen LogP contribution is -2.34. The summed E-state index contributed by atoms with van der Waals surface area (Å²) >= 11 is 0. The van der Waals surface area contributed by atoms with E-state index in [1.165, 1.54) is 4.90 Å². The Morgan fingerprint density at radius 1 is 1.04 bits per heavy atom. The van der Waals surface area contributed by atoms with Gasteiger partial charge in [0.15, 0.2) is 0 Å². The van der Waals surface area contributed by atoms with Crippen LogP contribution in [0, 0.1) is 0 Å². The first kappa shape index (κ1) is 16.7. The number of likely N-dealkylation sites (tertiary alicyclic amines) is 1. The number of rotatable bonds is 6. The van der Waals surface area contributed by atoms with Gasteiger partial charge in [0.25, 0.3) is 5.91 Å². The fraction of sp³-hybridized carbons (Fsp3) is 0.211. The third-order valence-corrected chi connectivity index (χ3v) is 4.08. The molecule has 6 nitrogen and oxygen atoms in total. The average Bonchev–Trinajstić information content (AvgIpc) is 2.85. The van der Waals surface area contributed by atoms with Crippen molar-refractivity contribution in [3.63, 3.8) is 0 Å². The minimum Gasteiger partial charge on any atom is -0.481 e. The summed E-state index contributed by atoms with van der Waals surface area (Å²) in [5.41, 5.74) is 2.27. The van der Waals surface area contributed by atoms with E-state index >= 15 is 0 Å². The summed E-state index contributed by atoms with van der Waals surface area (Å²) in [5.74, 6) is -1.34. The second-order valence-corrected chi connectivity index (χ2v) is 5.97. The van der Waals surface area contributed by atoms with Gasteiger partial charge in [0.2, 0.25) is 5.91 Å². The number of hydrogen-bond acceptors (Lipinski definition) is 4. The predicted octanol–water partition coefficient (Wildman–Crippen LogP) is 2.05. The van der Waals surface area contributed by atoms with Crippen molar-refractivity contribution in [2.24, 2.45) is 0 Å². The van der Waals surface area contributed by atoms with Crippen molar-refractivity contribution >= 4 is 23.5 Å². The van der Waals surface area contributed by atoms with E-state index in [9.17, 15) is 14.4 Å². The van der Waals surface area contributed by atoms with Crippen LogP contribution in [0.1, 0.15) is 17.5 Å². The largest absolute Gasteiger partial charge is 0.481 e. The molecule has 6 heteroatoms.